The van der Waals surface area contributed by atoms with Gasteiger partial charge in [-0.25, -0.2) is 0 Å². The van der Waals surface area contributed by atoms with Gasteiger partial charge >= 0.3 is 0 Å². The van der Waals surface area contributed by atoms with E-state index in [0.29, 0.717) is 19.7 Å². The van der Waals surface area contributed by atoms with Gasteiger partial charge in [0.25, 0.3) is 0 Å². The second kappa shape index (κ2) is 7.16. The minimum absolute atomic E-state index is 0.365. The molecule has 21 heavy (non-hydrogen) atoms. The number of benzene rings is 1. The number of halogens is 1. The Balaban J connectivity index is 1.90. The third-order valence-corrected chi connectivity index (χ3v) is 3.60. The van der Waals surface area contributed by atoms with E-state index in [1.807, 2.05) is 42.8 Å². The van der Waals surface area contributed by atoms with Crippen molar-refractivity contribution in [3.05, 3.63) is 46.2 Å². The van der Waals surface area contributed by atoms with E-state index in [4.69, 9.17) is 22.1 Å². The van der Waals surface area contributed by atoms with Gasteiger partial charge in [-0.2, -0.15) is 5.10 Å². The van der Waals surface area contributed by atoms with Gasteiger partial charge in [0.05, 0.1) is 29.5 Å². The van der Waals surface area contributed by atoms with Crippen molar-refractivity contribution < 1.29 is 4.74 Å². The Kier molecular flexibility index (Phi) is 5.26. The van der Waals surface area contributed by atoms with Crippen molar-refractivity contribution in [3.63, 3.8) is 0 Å². The zero-order valence-corrected chi connectivity index (χ0v) is 12.9. The highest BCUT2D eigenvalue weighted by atomic mass is 35.5. The molecule has 0 unspecified atom stereocenters. The first-order chi connectivity index (χ1) is 10.1. The second-order valence-electron chi connectivity index (χ2n) is 4.59. The summed E-state index contributed by atoms with van der Waals surface area (Å²) in [5.41, 5.74) is 8.07. The lowest BCUT2D eigenvalue weighted by molar-refractivity contribution is 0.289. The molecule has 0 fully saturated rings. The number of nitrogens with zero attached hydrogens (tertiary/aromatic N) is 2. The van der Waals surface area contributed by atoms with Gasteiger partial charge in [-0.05, 0) is 38.1 Å². The summed E-state index contributed by atoms with van der Waals surface area (Å²) in [7, 11) is 0. The number of hydrogen-bond donors (Lipinski definition) is 1. The van der Waals surface area contributed by atoms with Crippen LogP contribution in [0.1, 0.15) is 17.0 Å². The van der Waals surface area contributed by atoms with Crippen LogP contribution in [0.2, 0.25) is 5.02 Å². The molecule has 1 aromatic heterocycles. The molecule has 0 atom stereocenters. The quantitative estimate of drug-likeness (QED) is 0.883. The summed E-state index contributed by atoms with van der Waals surface area (Å²) in [6, 6.07) is 7.62. The van der Waals surface area contributed by atoms with E-state index in [1.165, 1.54) is 0 Å². The van der Waals surface area contributed by atoms with Gasteiger partial charge in [0.15, 0.2) is 0 Å². The van der Waals surface area contributed by atoms with Crippen LogP contribution in [0.5, 0.6) is 5.75 Å². The van der Waals surface area contributed by atoms with E-state index in [9.17, 15) is 0 Å². The third-order valence-electron chi connectivity index (χ3n) is 3.05. The fourth-order valence-corrected chi connectivity index (χ4v) is 2.07. The van der Waals surface area contributed by atoms with Gasteiger partial charge in [0.1, 0.15) is 12.4 Å². The molecular weight excluding hydrogens is 286 g/mol. The van der Waals surface area contributed by atoms with Crippen molar-refractivity contribution in [2.75, 3.05) is 13.2 Å². The molecule has 110 valence electrons. The Bertz CT molecular complexity index is 665. The summed E-state index contributed by atoms with van der Waals surface area (Å²) in [5, 5.41) is 5.08. The highest BCUT2D eigenvalue weighted by Gasteiger charge is 2.08. The summed E-state index contributed by atoms with van der Waals surface area (Å²) >= 11 is 6.11. The summed E-state index contributed by atoms with van der Waals surface area (Å²) in [6.07, 6.45) is 0. The average molecular weight is 304 g/mol. The fourth-order valence-electron chi connectivity index (χ4n) is 1.93. The minimum Gasteiger partial charge on any atom is -0.492 e. The lowest BCUT2D eigenvalue weighted by Crippen LogP contribution is -2.10. The topological polar surface area (TPSA) is 53.1 Å². The zero-order chi connectivity index (χ0) is 15.2. The SMILES string of the molecule is Cc1nn(CCOc2ccc(C#CCN)cc2)c(C)c1Cl. The van der Waals surface area contributed by atoms with Gasteiger partial charge in [0, 0.05) is 5.56 Å². The lowest BCUT2D eigenvalue weighted by Gasteiger charge is -2.07. The summed E-state index contributed by atoms with van der Waals surface area (Å²) in [6.45, 7) is 5.41. The van der Waals surface area contributed by atoms with Crippen molar-refractivity contribution in [2.24, 2.45) is 5.73 Å². The van der Waals surface area contributed by atoms with Crippen LogP contribution in [0, 0.1) is 25.7 Å². The molecular formula is C16H18ClN3O. The molecule has 0 saturated carbocycles. The molecule has 2 aromatic rings. The number of aryl methyl sites for hydroxylation is 1. The Labute approximate surface area is 129 Å². The van der Waals surface area contributed by atoms with E-state index in [-0.39, 0.29) is 0 Å². The number of rotatable bonds is 4. The lowest BCUT2D eigenvalue weighted by atomic mass is 10.2. The molecule has 0 aliphatic rings. The molecule has 0 saturated heterocycles. The zero-order valence-electron chi connectivity index (χ0n) is 12.2. The number of aromatic nitrogens is 2. The summed E-state index contributed by atoms with van der Waals surface area (Å²) < 4.78 is 7.56. The van der Waals surface area contributed by atoms with E-state index >= 15 is 0 Å². The highest BCUT2D eigenvalue weighted by Crippen LogP contribution is 2.19. The number of nitrogens with two attached hydrogens (primary N) is 1. The van der Waals surface area contributed by atoms with Crippen molar-refractivity contribution in [1.82, 2.24) is 9.78 Å². The summed E-state index contributed by atoms with van der Waals surface area (Å²) in [5.74, 6) is 6.59. The molecule has 0 bridgehead atoms. The standard InChI is InChI=1S/C16H18ClN3O/c1-12-16(17)13(2)20(19-12)10-11-21-15-7-5-14(6-8-15)4-3-9-18/h5-8H,9-11,18H2,1-2H3. The van der Waals surface area contributed by atoms with E-state index in [1.54, 1.807) is 0 Å². The van der Waals surface area contributed by atoms with Crippen molar-refractivity contribution in [2.45, 2.75) is 20.4 Å². The second-order valence-corrected chi connectivity index (χ2v) is 4.96. The Morgan fingerprint density at radius 3 is 2.57 bits per heavy atom. The highest BCUT2D eigenvalue weighted by molar-refractivity contribution is 6.31. The van der Waals surface area contributed by atoms with Crippen LogP contribution in [0.4, 0.5) is 0 Å². The predicted molar refractivity (Wildman–Crippen MR) is 84.6 cm³/mol. The smallest absolute Gasteiger partial charge is 0.119 e. The molecule has 0 amide bonds. The van der Waals surface area contributed by atoms with Crippen molar-refractivity contribution >= 4 is 11.6 Å². The average Bonchev–Trinajstić information content (AvgIpc) is 2.74. The maximum atomic E-state index is 6.11. The molecule has 0 aliphatic carbocycles. The molecule has 1 heterocycles. The molecule has 0 spiro atoms. The van der Waals surface area contributed by atoms with Gasteiger partial charge in [-0.1, -0.05) is 23.4 Å². The Morgan fingerprint density at radius 2 is 2.00 bits per heavy atom. The van der Waals surface area contributed by atoms with Gasteiger partial charge in [0.2, 0.25) is 0 Å². The van der Waals surface area contributed by atoms with Crippen LogP contribution in [-0.2, 0) is 6.54 Å². The van der Waals surface area contributed by atoms with Crippen LogP contribution in [0.25, 0.3) is 0 Å². The minimum atomic E-state index is 0.365. The van der Waals surface area contributed by atoms with E-state index in [0.717, 1.165) is 27.7 Å². The molecule has 4 nitrogen and oxygen atoms in total. The van der Waals surface area contributed by atoms with Crippen molar-refractivity contribution in [1.29, 1.82) is 0 Å². The van der Waals surface area contributed by atoms with Crippen LogP contribution in [0.3, 0.4) is 0 Å². The number of ether oxygens (including phenoxy) is 1. The monoisotopic (exact) mass is 303 g/mol. The van der Waals surface area contributed by atoms with Crippen molar-refractivity contribution in [3.8, 4) is 17.6 Å². The third kappa shape index (κ3) is 4.01. The summed E-state index contributed by atoms with van der Waals surface area (Å²) in [4.78, 5) is 0. The van der Waals surface area contributed by atoms with Crippen LogP contribution in [-0.4, -0.2) is 22.9 Å². The largest absolute Gasteiger partial charge is 0.492 e. The Hall–Kier alpha value is -1.96. The molecule has 5 heteroatoms. The van der Waals surface area contributed by atoms with Gasteiger partial charge < -0.3 is 10.5 Å². The Morgan fingerprint density at radius 1 is 1.29 bits per heavy atom. The van der Waals surface area contributed by atoms with Crippen LogP contribution < -0.4 is 10.5 Å². The van der Waals surface area contributed by atoms with Gasteiger partial charge in [-0.3, -0.25) is 4.68 Å². The maximum absolute atomic E-state index is 6.11. The first-order valence-electron chi connectivity index (χ1n) is 6.73. The maximum Gasteiger partial charge on any atom is 0.119 e. The molecule has 0 radical (unpaired) electrons. The molecule has 0 aliphatic heterocycles. The van der Waals surface area contributed by atoms with E-state index < -0.39 is 0 Å². The number of hydrogen-bond acceptors (Lipinski definition) is 3. The normalized spacial score (nSPS) is 10.1. The van der Waals surface area contributed by atoms with E-state index in [2.05, 4.69) is 16.9 Å². The molecule has 2 rings (SSSR count). The predicted octanol–water partition coefficient (Wildman–Crippen LogP) is 2.54. The first kappa shape index (κ1) is 15.4. The molecule has 2 N–H and O–H groups in total. The van der Waals surface area contributed by atoms with Gasteiger partial charge in [-0.15, -0.1) is 0 Å². The molecule has 1 aromatic carbocycles. The van der Waals surface area contributed by atoms with Crippen LogP contribution in [0.15, 0.2) is 24.3 Å². The van der Waals surface area contributed by atoms with Crippen LogP contribution >= 0.6 is 11.6 Å². The fraction of sp³-hybridized carbons (Fsp3) is 0.312. The first-order valence-corrected chi connectivity index (χ1v) is 7.11.